The van der Waals surface area contributed by atoms with Crippen LogP contribution in [0, 0.1) is 18.8 Å². The lowest BCUT2D eigenvalue weighted by atomic mass is 10.1. The summed E-state index contributed by atoms with van der Waals surface area (Å²) >= 11 is 1.39. The van der Waals surface area contributed by atoms with Crippen LogP contribution < -0.4 is 5.32 Å². The van der Waals surface area contributed by atoms with Gasteiger partial charge >= 0.3 is 0 Å². The number of carbonyl (C=O) groups is 1. The highest BCUT2D eigenvalue weighted by atomic mass is 32.2. The van der Waals surface area contributed by atoms with Gasteiger partial charge in [0.25, 0.3) is 0 Å². The molecular weight excluding hydrogens is 248 g/mol. The van der Waals surface area contributed by atoms with E-state index in [-0.39, 0.29) is 5.91 Å². The summed E-state index contributed by atoms with van der Waals surface area (Å²) < 4.78 is 0. The van der Waals surface area contributed by atoms with Gasteiger partial charge in [-0.1, -0.05) is 11.8 Å². The Hall–Kier alpha value is -1.04. The molecule has 2 aliphatic rings. The van der Waals surface area contributed by atoms with Crippen molar-refractivity contribution in [3.63, 3.8) is 0 Å². The highest BCUT2D eigenvalue weighted by Gasteiger charge is 2.42. The highest BCUT2D eigenvalue weighted by molar-refractivity contribution is 7.99. The van der Waals surface area contributed by atoms with Gasteiger partial charge in [-0.2, -0.15) is 0 Å². The average Bonchev–Trinajstić information content (AvgIpc) is 3.23. The van der Waals surface area contributed by atoms with Gasteiger partial charge in [-0.3, -0.25) is 9.89 Å². The quantitative estimate of drug-likeness (QED) is 0.766. The van der Waals surface area contributed by atoms with E-state index in [1.807, 2.05) is 6.92 Å². The van der Waals surface area contributed by atoms with E-state index in [1.165, 1.54) is 37.4 Å². The van der Waals surface area contributed by atoms with E-state index < -0.39 is 0 Å². The van der Waals surface area contributed by atoms with Crippen LogP contribution in [0.3, 0.4) is 0 Å². The van der Waals surface area contributed by atoms with Crippen molar-refractivity contribution in [3.05, 3.63) is 5.82 Å². The number of nitrogens with zero attached hydrogens (tertiary/aromatic N) is 2. The van der Waals surface area contributed by atoms with Crippen LogP contribution in [0.1, 0.15) is 31.5 Å². The minimum Gasteiger partial charge on any atom is -0.352 e. The number of aromatic nitrogens is 3. The zero-order valence-electron chi connectivity index (χ0n) is 10.5. The van der Waals surface area contributed by atoms with Gasteiger partial charge in [0.1, 0.15) is 5.82 Å². The first-order valence-corrected chi connectivity index (χ1v) is 7.52. The average molecular weight is 266 g/mol. The van der Waals surface area contributed by atoms with Crippen LogP contribution in [0.4, 0.5) is 0 Å². The molecule has 18 heavy (non-hydrogen) atoms. The Balaban J connectivity index is 1.46. The largest absolute Gasteiger partial charge is 0.352 e. The monoisotopic (exact) mass is 266 g/mol. The van der Waals surface area contributed by atoms with Gasteiger partial charge in [-0.05, 0) is 44.4 Å². The zero-order chi connectivity index (χ0) is 12.5. The Morgan fingerprint density at radius 1 is 1.44 bits per heavy atom. The number of aryl methyl sites for hydroxylation is 1. The molecule has 0 spiro atoms. The van der Waals surface area contributed by atoms with Crippen LogP contribution in [-0.4, -0.2) is 32.9 Å². The predicted molar refractivity (Wildman–Crippen MR) is 69.2 cm³/mol. The van der Waals surface area contributed by atoms with Crippen LogP contribution in [-0.2, 0) is 4.79 Å². The van der Waals surface area contributed by atoms with E-state index in [2.05, 4.69) is 20.5 Å². The Morgan fingerprint density at radius 2 is 2.11 bits per heavy atom. The second-order valence-electron chi connectivity index (χ2n) is 5.26. The number of hydrogen-bond donors (Lipinski definition) is 2. The van der Waals surface area contributed by atoms with Gasteiger partial charge in [-0.25, -0.2) is 4.98 Å². The van der Waals surface area contributed by atoms with Gasteiger partial charge < -0.3 is 5.32 Å². The molecule has 1 aromatic rings. The molecule has 6 heteroatoms. The standard InChI is InChI=1S/C12H18N4OS/c1-7-13-12(16-15-7)18-6-10(17)14-11(8-2-3-8)9-4-5-9/h8-9,11H,2-6H2,1H3,(H,14,17)(H,13,15,16). The molecular formula is C12H18N4OS. The maximum absolute atomic E-state index is 11.9. The maximum atomic E-state index is 11.9. The normalized spacial score (nSPS) is 19.2. The molecule has 1 aromatic heterocycles. The van der Waals surface area contributed by atoms with Crippen molar-refractivity contribution in [2.24, 2.45) is 11.8 Å². The summed E-state index contributed by atoms with van der Waals surface area (Å²) in [5.74, 6) is 2.81. The predicted octanol–water partition coefficient (Wildman–Crippen LogP) is 1.51. The summed E-state index contributed by atoms with van der Waals surface area (Å²) in [7, 11) is 0. The lowest BCUT2D eigenvalue weighted by Gasteiger charge is -2.17. The Bertz CT molecular complexity index is 427. The van der Waals surface area contributed by atoms with Crippen molar-refractivity contribution in [2.45, 2.75) is 43.8 Å². The summed E-state index contributed by atoms with van der Waals surface area (Å²) in [6.07, 6.45) is 5.15. The Labute approximate surface area is 111 Å². The molecule has 2 fully saturated rings. The third-order valence-corrected chi connectivity index (χ3v) is 4.34. The van der Waals surface area contributed by atoms with Gasteiger partial charge in [0.15, 0.2) is 0 Å². The first-order valence-electron chi connectivity index (χ1n) is 6.53. The molecule has 2 aliphatic carbocycles. The molecule has 5 nitrogen and oxygen atoms in total. The minimum absolute atomic E-state index is 0.117. The maximum Gasteiger partial charge on any atom is 0.230 e. The fourth-order valence-electron chi connectivity index (χ4n) is 2.28. The molecule has 98 valence electrons. The third kappa shape index (κ3) is 3.04. The molecule has 0 radical (unpaired) electrons. The molecule has 1 amide bonds. The van der Waals surface area contributed by atoms with Crippen LogP contribution in [0.25, 0.3) is 0 Å². The lowest BCUT2D eigenvalue weighted by molar-refractivity contribution is -0.119. The fourth-order valence-corrected chi connectivity index (χ4v) is 2.93. The van der Waals surface area contributed by atoms with E-state index in [9.17, 15) is 4.79 Å². The van der Waals surface area contributed by atoms with Crippen LogP contribution >= 0.6 is 11.8 Å². The van der Waals surface area contributed by atoms with E-state index in [4.69, 9.17) is 0 Å². The Kier molecular flexibility index (Phi) is 3.28. The molecule has 3 rings (SSSR count). The number of aromatic amines is 1. The van der Waals surface area contributed by atoms with Crippen molar-refractivity contribution < 1.29 is 4.79 Å². The molecule has 0 saturated heterocycles. The number of thioether (sulfide) groups is 1. The van der Waals surface area contributed by atoms with Crippen LogP contribution in [0.15, 0.2) is 5.16 Å². The number of nitrogens with one attached hydrogen (secondary N) is 2. The second kappa shape index (κ2) is 4.91. The lowest BCUT2D eigenvalue weighted by Crippen LogP contribution is -2.39. The molecule has 0 atom stereocenters. The van der Waals surface area contributed by atoms with Crippen molar-refractivity contribution in [3.8, 4) is 0 Å². The topological polar surface area (TPSA) is 70.7 Å². The molecule has 0 bridgehead atoms. The summed E-state index contributed by atoms with van der Waals surface area (Å²) in [5.41, 5.74) is 0. The number of hydrogen-bond acceptors (Lipinski definition) is 4. The molecule has 2 saturated carbocycles. The third-order valence-electron chi connectivity index (χ3n) is 3.50. The highest BCUT2D eigenvalue weighted by Crippen LogP contribution is 2.44. The molecule has 0 unspecified atom stereocenters. The molecule has 0 aliphatic heterocycles. The number of carbonyl (C=O) groups excluding carboxylic acids is 1. The van der Waals surface area contributed by atoms with Crippen molar-refractivity contribution >= 4 is 17.7 Å². The second-order valence-corrected chi connectivity index (χ2v) is 6.20. The van der Waals surface area contributed by atoms with E-state index in [0.717, 1.165) is 17.7 Å². The smallest absolute Gasteiger partial charge is 0.230 e. The summed E-state index contributed by atoms with van der Waals surface area (Å²) in [4.78, 5) is 16.1. The van der Waals surface area contributed by atoms with Gasteiger partial charge in [0.05, 0.1) is 5.75 Å². The van der Waals surface area contributed by atoms with Gasteiger partial charge in [-0.15, -0.1) is 5.10 Å². The number of rotatable bonds is 6. The van der Waals surface area contributed by atoms with E-state index in [1.54, 1.807) is 0 Å². The van der Waals surface area contributed by atoms with E-state index in [0.29, 0.717) is 17.0 Å². The SMILES string of the molecule is Cc1nc(SCC(=O)NC(C2CC2)C2CC2)n[nH]1. The van der Waals surface area contributed by atoms with Crippen molar-refractivity contribution in [1.29, 1.82) is 0 Å². The molecule has 0 aromatic carbocycles. The first kappa shape index (κ1) is 12.0. The molecule has 2 N–H and O–H groups in total. The van der Waals surface area contributed by atoms with Gasteiger partial charge in [0, 0.05) is 6.04 Å². The number of H-pyrrole nitrogens is 1. The summed E-state index contributed by atoms with van der Waals surface area (Å²) in [6, 6.07) is 0.437. The van der Waals surface area contributed by atoms with Gasteiger partial charge in [0.2, 0.25) is 11.1 Å². The van der Waals surface area contributed by atoms with Crippen molar-refractivity contribution in [2.75, 3.05) is 5.75 Å². The summed E-state index contributed by atoms with van der Waals surface area (Å²) in [6.45, 7) is 1.85. The van der Waals surface area contributed by atoms with Crippen LogP contribution in [0.5, 0.6) is 0 Å². The molecule has 1 heterocycles. The minimum atomic E-state index is 0.117. The van der Waals surface area contributed by atoms with Crippen LogP contribution in [0.2, 0.25) is 0 Å². The summed E-state index contributed by atoms with van der Waals surface area (Å²) in [5, 5.41) is 10.6. The van der Waals surface area contributed by atoms with E-state index >= 15 is 0 Å². The fraction of sp³-hybridized carbons (Fsp3) is 0.750. The Morgan fingerprint density at radius 3 is 2.61 bits per heavy atom. The number of amides is 1. The first-order chi connectivity index (χ1) is 8.72. The van der Waals surface area contributed by atoms with Crippen molar-refractivity contribution in [1.82, 2.24) is 20.5 Å². The zero-order valence-corrected chi connectivity index (χ0v) is 11.3.